The Morgan fingerprint density at radius 2 is 2.47 bits per heavy atom. The summed E-state index contributed by atoms with van der Waals surface area (Å²) in [6, 6.07) is 1.58. The van der Waals surface area contributed by atoms with Crippen LogP contribution in [0.5, 0.6) is 0 Å². The van der Waals surface area contributed by atoms with Gasteiger partial charge in [0, 0.05) is 18.5 Å². The van der Waals surface area contributed by atoms with Crippen molar-refractivity contribution in [1.82, 2.24) is 10.5 Å². The smallest absolute Gasteiger partial charge is 0.289 e. The van der Waals surface area contributed by atoms with Gasteiger partial charge in [-0.1, -0.05) is 5.16 Å². The first-order valence-corrected chi connectivity index (χ1v) is 5.12. The van der Waals surface area contributed by atoms with Gasteiger partial charge >= 0.3 is 0 Å². The molecule has 0 spiro atoms. The molecule has 1 heterocycles. The zero-order valence-electron chi connectivity index (χ0n) is 8.46. The summed E-state index contributed by atoms with van der Waals surface area (Å²) in [5.74, 6) is 0.379. The molecule has 15 heavy (non-hydrogen) atoms. The maximum absolute atomic E-state index is 11.4. The van der Waals surface area contributed by atoms with E-state index in [0.29, 0.717) is 31.3 Å². The number of nitrogens with one attached hydrogen (secondary N) is 1. The minimum atomic E-state index is -0.287. The first kappa shape index (κ1) is 12.0. The number of aryl methyl sites for hydroxylation is 1. The fourth-order valence-corrected chi connectivity index (χ4v) is 1.06. The molecule has 0 aliphatic carbocycles. The molecule has 1 aromatic rings. The number of hydrogen-bond donors (Lipinski definition) is 1. The lowest BCUT2D eigenvalue weighted by molar-refractivity contribution is 0.0887. The molecule has 0 fully saturated rings. The highest BCUT2D eigenvalue weighted by Crippen LogP contribution is 2.00. The number of hydrogen-bond acceptors (Lipinski definition) is 4. The molecule has 1 rings (SSSR count). The first-order valence-electron chi connectivity index (χ1n) is 4.59. The number of aromatic nitrogens is 1. The molecule has 0 aromatic carbocycles. The van der Waals surface area contributed by atoms with E-state index in [1.165, 1.54) is 0 Å². The molecule has 6 heteroatoms. The van der Waals surface area contributed by atoms with E-state index in [1.807, 2.05) is 0 Å². The van der Waals surface area contributed by atoms with Gasteiger partial charge in [0.1, 0.15) is 0 Å². The van der Waals surface area contributed by atoms with Gasteiger partial charge in [-0.3, -0.25) is 4.79 Å². The summed E-state index contributed by atoms with van der Waals surface area (Å²) < 4.78 is 9.86. The lowest BCUT2D eigenvalue weighted by Gasteiger charge is -2.02. The monoisotopic (exact) mass is 232 g/mol. The van der Waals surface area contributed by atoms with Crippen LogP contribution in [0.2, 0.25) is 0 Å². The minimum absolute atomic E-state index is 0.213. The zero-order chi connectivity index (χ0) is 11.1. The first-order chi connectivity index (χ1) is 7.24. The van der Waals surface area contributed by atoms with Gasteiger partial charge in [0.15, 0.2) is 0 Å². The summed E-state index contributed by atoms with van der Waals surface area (Å²) in [4.78, 5) is 11.4. The van der Waals surface area contributed by atoms with Crippen LogP contribution in [0.4, 0.5) is 0 Å². The number of rotatable bonds is 6. The number of carbonyl (C=O) groups is 1. The van der Waals surface area contributed by atoms with Gasteiger partial charge in [-0.05, 0) is 6.92 Å². The molecule has 0 saturated carbocycles. The third kappa shape index (κ3) is 4.31. The van der Waals surface area contributed by atoms with Crippen LogP contribution in [-0.4, -0.2) is 36.7 Å². The lowest BCUT2D eigenvalue weighted by atomic mass is 10.4. The van der Waals surface area contributed by atoms with Crippen LogP contribution in [0.1, 0.15) is 16.2 Å². The summed E-state index contributed by atoms with van der Waals surface area (Å²) in [7, 11) is 0. The predicted octanol–water partition coefficient (Wildman–Crippen LogP) is 0.968. The Morgan fingerprint density at radius 3 is 3.07 bits per heavy atom. The molecule has 1 N–H and O–H groups in total. The number of amides is 1. The Kier molecular flexibility index (Phi) is 5.14. The van der Waals surface area contributed by atoms with E-state index in [0.717, 1.165) is 0 Å². The molecule has 0 aliphatic rings. The number of alkyl halides is 1. The average Bonchev–Trinajstić information content (AvgIpc) is 2.64. The van der Waals surface area contributed by atoms with Crippen LogP contribution in [0, 0.1) is 6.92 Å². The van der Waals surface area contributed by atoms with E-state index < -0.39 is 0 Å². The zero-order valence-corrected chi connectivity index (χ0v) is 9.21. The lowest BCUT2D eigenvalue weighted by Crippen LogP contribution is -2.27. The van der Waals surface area contributed by atoms with Gasteiger partial charge in [-0.15, -0.1) is 11.6 Å². The molecule has 0 radical (unpaired) electrons. The predicted molar refractivity (Wildman–Crippen MR) is 55.1 cm³/mol. The Morgan fingerprint density at radius 1 is 1.67 bits per heavy atom. The number of ether oxygens (including phenoxy) is 1. The van der Waals surface area contributed by atoms with Crippen molar-refractivity contribution in [3.63, 3.8) is 0 Å². The summed E-state index contributed by atoms with van der Waals surface area (Å²) in [6.45, 7) is 3.10. The van der Waals surface area contributed by atoms with Crippen LogP contribution in [-0.2, 0) is 4.74 Å². The summed E-state index contributed by atoms with van der Waals surface area (Å²) in [5.41, 5.74) is 0.679. The van der Waals surface area contributed by atoms with E-state index in [-0.39, 0.29) is 11.7 Å². The molecule has 84 valence electrons. The Hall–Kier alpha value is -1.07. The van der Waals surface area contributed by atoms with Crippen molar-refractivity contribution in [1.29, 1.82) is 0 Å². The van der Waals surface area contributed by atoms with Crippen LogP contribution in [0.15, 0.2) is 10.6 Å². The Labute approximate surface area is 92.7 Å². The molecule has 0 aliphatic heterocycles. The van der Waals surface area contributed by atoms with Crippen LogP contribution < -0.4 is 5.32 Å². The minimum Gasteiger partial charge on any atom is -0.378 e. The van der Waals surface area contributed by atoms with Gasteiger partial charge in [0.2, 0.25) is 5.76 Å². The van der Waals surface area contributed by atoms with Crippen molar-refractivity contribution in [2.24, 2.45) is 0 Å². The second-order valence-corrected chi connectivity index (χ2v) is 3.27. The van der Waals surface area contributed by atoms with E-state index in [1.54, 1.807) is 13.0 Å². The fourth-order valence-electron chi connectivity index (χ4n) is 0.951. The molecule has 5 nitrogen and oxygen atoms in total. The number of halogens is 1. The van der Waals surface area contributed by atoms with Crippen molar-refractivity contribution in [3.05, 3.63) is 17.5 Å². The van der Waals surface area contributed by atoms with Gasteiger partial charge in [-0.25, -0.2) is 0 Å². The van der Waals surface area contributed by atoms with Crippen molar-refractivity contribution in [2.75, 3.05) is 25.6 Å². The van der Waals surface area contributed by atoms with Crippen molar-refractivity contribution in [2.45, 2.75) is 6.92 Å². The third-order valence-electron chi connectivity index (χ3n) is 1.61. The molecule has 1 amide bonds. The van der Waals surface area contributed by atoms with Crippen LogP contribution in [0.3, 0.4) is 0 Å². The van der Waals surface area contributed by atoms with E-state index in [4.69, 9.17) is 20.9 Å². The second kappa shape index (κ2) is 6.42. The van der Waals surface area contributed by atoms with Crippen LogP contribution in [0.25, 0.3) is 0 Å². The van der Waals surface area contributed by atoms with Gasteiger partial charge < -0.3 is 14.6 Å². The highest BCUT2D eigenvalue weighted by molar-refractivity contribution is 6.17. The van der Waals surface area contributed by atoms with Crippen LogP contribution >= 0.6 is 11.6 Å². The highest BCUT2D eigenvalue weighted by atomic mass is 35.5. The van der Waals surface area contributed by atoms with Crippen molar-refractivity contribution in [3.8, 4) is 0 Å². The summed E-state index contributed by atoms with van der Waals surface area (Å²) in [5, 5.41) is 6.24. The standard InChI is InChI=1S/C9H13ClN2O3/c1-7-6-8(15-12-7)9(13)11-3-5-14-4-2-10/h6H,2-5H2,1H3,(H,11,13). The summed E-state index contributed by atoms with van der Waals surface area (Å²) >= 11 is 5.41. The Bertz CT molecular complexity index is 314. The normalized spacial score (nSPS) is 10.3. The average molecular weight is 233 g/mol. The van der Waals surface area contributed by atoms with Crippen molar-refractivity contribution < 1.29 is 14.1 Å². The highest BCUT2D eigenvalue weighted by Gasteiger charge is 2.09. The molecule has 0 saturated heterocycles. The SMILES string of the molecule is Cc1cc(C(=O)NCCOCCCl)on1. The molecule has 0 bridgehead atoms. The van der Waals surface area contributed by atoms with E-state index in [9.17, 15) is 4.79 Å². The van der Waals surface area contributed by atoms with E-state index in [2.05, 4.69) is 10.5 Å². The maximum Gasteiger partial charge on any atom is 0.289 e. The van der Waals surface area contributed by atoms with Gasteiger partial charge in [0.05, 0.1) is 18.9 Å². The topological polar surface area (TPSA) is 64.4 Å². The van der Waals surface area contributed by atoms with E-state index >= 15 is 0 Å². The fraction of sp³-hybridized carbons (Fsp3) is 0.556. The molecular formula is C9H13ClN2O3. The second-order valence-electron chi connectivity index (χ2n) is 2.89. The van der Waals surface area contributed by atoms with Crippen molar-refractivity contribution >= 4 is 17.5 Å². The molecule has 0 unspecified atom stereocenters. The molecule has 1 aromatic heterocycles. The number of nitrogens with zero attached hydrogens (tertiary/aromatic N) is 1. The Balaban J connectivity index is 2.19. The summed E-state index contributed by atoms with van der Waals surface area (Å²) in [6.07, 6.45) is 0. The maximum atomic E-state index is 11.4. The quantitative estimate of drug-likeness (QED) is 0.586. The molecule has 0 atom stereocenters. The largest absolute Gasteiger partial charge is 0.378 e. The van der Waals surface area contributed by atoms with Gasteiger partial charge in [0.25, 0.3) is 5.91 Å². The van der Waals surface area contributed by atoms with Gasteiger partial charge in [-0.2, -0.15) is 0 Å². The third-order valence-corrected chi connectivity index (χ3v) is 1.76. The number of carbonyl (C=O) groups excluding carboxylic acids is 1. The molecular weight excluding hydrogens is 220 g/mol.